The summed E-state index contributed by atoms with van der Waals surface area (Å²) in [6.45, 7) is 1.91. The second kappa shape index (κ2) is 9.51. The third kappa shape index (κ3) is 4.59. The molecule has 33 heavy (non-hydrogen) atoms. The molecule has 0 unspecified atom stereocenters. The van der Waals surface area contributed by atoms with Crippen molar-refractivity contribution < 1.29 is 19.1 Å². The SMILES string of the molecule is COc1ccc([C@@H]2Cn3nnc(C(=O)N4CCC(C(=O)NC5CCCC5)CC4)c3CO2)cc1. The van der Waals surface area contributed by atoms with Gasteiger partial charge in [0.25, 0.3) is 5.91 Å². The summed E-state index contributed by atoms with van der Waals surface area (Å²) in [5.74, 6) is 0.798. The van der Waals surface area contributed by atoms with E-state index in [2.05, 4.69) is 15.6 Å². The number of nitrogens with zero attached hydrogens (tertiary/aromatic N) is 4. The number of piperidine rings is 1. The zero-order chi connectivity index (χ0) is 22.8. The van der Waals surface area contributed by atoms with E-state index >= 15 is 0 Å². The van der Waals surface area contributed by atoms with Crippen molar-refractivity contribution in [3.63, 3.8) is 0 Å². The van der Waals surface area contributed by atoms with Crippen molar-refractivity contribution in [1.29, 1.82) is 0 Å². The number of fused-ring (bicyclic) bond motifs is 1. The topological polar surface area (TPSA) is 98.6 Å². The van der Waals surface area contributed by atoms with Crippen LogP contribution in [0, 0.1) is 5.92 Å². The molecule has 3 heterocycles. The van der Waals surface area contributed by atoms with Crippen LogP contribution in [0.3, 0.4) is 0 Å². The normalized spacial score (nSPS) is 21.6. The summed E-state index contributed by atoms with van der Waals surface area (Å²) in [6, 6.07) is 8.10. The van der Waals surface area contributed by atoms with Gasteiger partial charge in [0.15, 0.2) is 5.69 Å². The average Bonchev–Trinajstić information content (AvgIpc) is 3.53. The molecule has 2 aliphatic heterocycles. The molecule has 1 atom stereocenters. The molecule has 1 saturated heterocycles. The molecule has 176 valence electrons. The molecule has 1 aromatic carbocycles. The molecular formula is C24H31N5O4. The molecule has 0 bridgehead atoms. The highest BCUT2D eigenvalue weighted by Gasteiger charge is 2.33. The highest BCUT2D eigenvalue weighted by Crippen LogP contribution is 2.29. The number of likely N-dealkylation sites (tertiary alicyclic amines) is 1. The highest BCUT2D eigenvalue weighted by atomic mass is 16.5. The molecule has 5 rings (SSSR count). The molecule has 1 aliphatic carbocycles. The first-order valence-corrected chi connectivity index (χ1v) is 11.9. The smallest absolute Gasteiger partial charge is 0.276 e. The fourth-order valence-corrected chi connectivity index (χ4v) is 5.08. The van der Waals surface area contributed by atoms with Crippen LogP contribution in [0.5, 0.6) is 5.75 Å². The van der Waals surface area contributed by atoms with Crippen LogP contribution in [-0.2, 0) is 22.7 Å². The van der Waals surface area contributed by atoms with Gasteiger partial charge in [-0.2, -0.15) is 0 Å². The molecule has 2 aromatic rings. The van der Waals surface area contributed by atoms with Crippen LogP contribution in [0.2, 0.25) is 0 Å². The highest BCUT2D eigenvalue weighted by molar-refractivity contribution is 5.93. The maximum absolute atomic E-state index is 13.2. The quantitative estimate of drug-likeness (QED) is 0.747. The van der Waals surface area contributed by atoms with E-state index in [0.717, 1.165) is 24.2 Å². The Kier molecular flexibility index (Phi) is 6.30. The van der Waals surface area contributed by atoms with Gasteiger partial charge in [-0.05, 0) is 43.4 Å². The minimum absolute atomic E-state index is 0.0164. The fourth-order valence-electron chi connectivity index (χ4n) is 5.08. The number of hydrogen-bond acceptors (Lipinski definition) is 6. The zero-order valence-electron chi connectivity index (χ0n) is 19.0. The molecule has 3 aliphatic rings. The van der Waals surface area contributed by atoms with Crippen LogP contribution in [0.15, 0.2) is 24.3 Å². The van der Waals surface area contributed by atoms with Crippen molar-refractivity contribution in [2.75, 3.05) is 20.2 Å². The minimum atomic E-state index is -0.151. The predicted octanol–water partition coefficient (Wildman–Crippen LogP) is 2.47. The Morgan fingerprint density at radius 1 is 1.09 bits per heavy atom. The van der Waals surface area contributed by atoms with Gasteiger partial charge in [0.2, 0.25) is 5.91 Å². The average molecular weight is 454 g/mol. The summed E-state index contributed by atoms with van der Waals surface area (Å²) in [7, 11) is 1.64. The molecule has 9 heteroatoms. The number of carbonyl (C=O) groups excluding carboxylic acids is 2. The van der Waals surface area contributed by atoms with Gasteiger partial charge in [0, 0.05) is 25.0 Å². The first-order chi connectivity index (χ1) is 16.1. The summed E-state index contributed by atoms with van der Waals surface area (Å²) in [5.41, 5.74) is 2.10. The molecular weight excluding hydrogens is 422 g/mol. The number of amides is 2. The molecule has 2 amide bonds. The molecule has 0 radical (unpaired) electrons. The second-order valence-electron chi connectivity index (χ2n) is 9.20. The van der Waals surface area contributed by atoms with Gasteiger partial charge < -0.3 is 19.7 Å². The molecule has 9 nitrogen and oxygen atoms in total. The number of ether oxygens (including phenoxy) is 2. The van der Waals surface area contributed by atoms with Crippen molar-refractivity contribution in [2.24, 2.45) is 5.92 Å². The van der Waals surface area contributed by atoms with Crippen molar-refractivity contribution in [2.45, 2.75) is 63.8 Å². The van der Waals surface area contributed by atoms with E-state index in [4.69, 9.17) is 9.47 Å². The van der Waals surface area contributed by atoms with E-state index in [-0.39, 0.29) is 30.4 Å². The zero-order valence-corrected chi connectivity index (χ0v) is 19.0. The van der Waals surface area contributed by atoms with Crippen LogP contribution in [-0.4, -0.2) is 57.9 Å². The maximum Gasteiger partial charge on any atom is 0.276 e. The summed E-state index contributed by atoms with van der Waals surface area (Å²) < 4.78 is 13.0. The summed E-state index contributed by atoms with van der Waals surface area (Å²) >= 11 is 0. The third-order valence-corrected chi connectivity index (χ3v) is 7.14. The Morgan fingerprint density at radius 2 is 1.82 bits per heavy atom. The van der Waals surface area contributed by atoms with Gasteiger partial charge >= 0.3 is 0 Å². The van der Waals surface area contributed by atoms with Gasteiger partial charge in [0.05, 0.1) is 26.0 Å². The molecule has 0 spiro atoms. The summed E-state index contributed by atoms with van der Waals surface area (Å²) in [6.07, 6.45) is 5.79. The van der Waals surface area contributed by atoms with Crippen molar-refractivity contribution in [1.82, 2.24) is 25.2 Å². The lowest BCUT2D eigenvalue weighted by molar-refractivity contribution is -0.127. The Morgan fingerprint density at radius 3 is 2.52 bits per heavy atom. The van der Waals surface area contributed by atoms with E-state index in [9.17, 15) is 9.59 Å². The number of methoxy groups -OCH3 is 1. The van der Waals surface area contributed by atoms with Crippen LogP contribution >= 0.6 is 0 Å². The van der Waals surface area contributed by atoms with Gasteiger partial charge in [-0.25, -0.2) is 4.68 Å². The van der Waals surface area contributed by atoms with Crippen molar-refractivity contribution >= 4 is 11.8 Å². The Balaban J connectivity index is 1.18. The summed E-state index contributed by atoms with van der Waals surface area (Å²) in [5, 5.41) is 11.6. The molecule has 1 aromatic heterocycles. The lowest BCUT2D eigenvalue weighted by atomic mass is 9.95. The Bertz CT molecular complexity index is 991. The van der Waals surface area contributed by atoms with Crippen LogP contribution in [0.1, 0.15) is 66.4 Å². The standard InChI is InChI=1S/C24H31N5O4/c1-32-19-8-6-16(7-9-19)21-14-29-20(15-33-21)22(26-27-29)24(31)28-12-10-17(11-13-28)23(30)25-18-4-2-3-5-18/h6-9,17-18,21H,2-5,10-15H2,1H3,(H,25,30)/t21-/m0/s1. The maximum atomic E-state index is 13.2. The minimum Gasteiger partial charge on any atom is -0.497 e. The van der Waals surface area contributed by atoms with E-state index in [1.165, 1.54) is 12.8 Å². The number of rotatable bonds is 5. The largest absolute Gasteiger partial charge is 0.497 e. The van der Waals surface area contributed by atoms with E-state index < -0.39 is 0 Å². The molecule has 1 N–H and O–H groups in total. The van der Waals surface area contributed by atoms with E-state index in [0.29, 0.717) is 49.9 Å². The Hall–Kier alpha value is -2.94. The number of carbonyl (C=O) groups is 2. The van der Waals surface area contributed by atoms with Crippen LogP contribution in [0.25, 0.3) is 0 Å². The van der Waals surface area contributed by atoms with E-state index in [1.807, 2.05) is 24.3 Å². The number of benzene rings is 1. The molecule has 2 fully saturated rings. The second-order valence-corrected chi connectivity index (χ2v) is 9.20. The predicted molar refractivity (Wildman–Crippen MR) is 120 cm³/mol. The van der Waals surface area contributed by atoms with Gasteiger partial charge in [0.1, 0.15) is 11.9 Å². The number of nitrogens with one attached hydrogen (secondary N) is 1. The number of aromatic nitrogens is 3. The van der Waals surface area contributed by atoms with Gasteiger partial charge in [-0.15, -0.1) is 5.10 Å². The third-order valence-electron chi connectivity index (χ3n) is 7.14. The lowest BCUT2D eigenvalue weighted by Crippen LogP contribution is -2.45. The van der Waals surface area contributed by atoms with Crippen molar-refractivity contribution in [3.8, 4) is 5.75 Å². The first-order valence-electron chi connectivity index (χ1n) is 11.9. The monoisotopic (exact) mass is 453 g/mol. The van der Waals surface area contributed by atoms with Crippen LogP contribution < -0.4 is 10.1 Å². The van der Waals surface area contributed by atoms with Crippen LogP contribution in [0.4, 0.5) is 0 Å². The lowest BCUT2D eigenvalue weighted by Gasteiger charge is -2.32. The van der Waals surface area contributed by atoms with Gasteiger partial charge in [-0.3, -0.25) is 9.59 Å². The fraction of sp³-hybridized carbons (Fsp3) is 0.583. The first kappa shape index (κ1) is 21.9. The summed E-state index contributed by atoms with van der Waals surface area (Å²) in [4.78, 5) is 27.5. The van der Waals surface area contributed by atoms with E-state index in [1.54, 1.807) is 16.7 Å². The molecule has 1 saturated carbocycles. The van der Waals surface area contributed by atoms with Crippen molar-refractivity contribution in [3.05, 3.63) is 41.2 Å². The number of hydrogen-bond donors (Lipinski definition) is 1. The Labute approximate surface area is 193 Å². The van der Waals surface area contributed by atoms with Gasteiger partial charge in [-0.1, -0.05) is 30.2 Å².